The Balaban J connectivity index is 1.89. The summed E-state index contributed by atoms with van der Waals surface area (Å²) in [6.45, 7) is 1.34. The maximum Gasteiger partial charge on any atom is 0.356 e. The standard InChI is InChI=1S/C19H21F4NO/c1-2-3-13-4-6-14(7-5-13)10-19(22,23)25-12-15-8-17(20)16(11-24)18(21)9-15/h2-3,8-9,13-14H,4-7,10,12H2,1H3/t13-,14-. The molecule has 1 aromatic rings. The molecule has 0 unspecified atom stereocenters. The van der Waals surface area contributed by atoms with Gasteiger partial charge >= 0.3 is 6.11 Å². The van der Waals surface area contributed by atoms with Crippen LogP contribution in [0.1, 0.15) is 50.2 Å². The lowest BCUT2D eigenvalue weighted by Crippen LogP contribution is -2.27. The lowest BCUT2D eigenvalue weighted by atomic mass is 9.80. The van der Waals surface area contributed by atoms with E-state index in [-0.39, 0.29) is 11.5 Å². The number of halogens is 4. The molecule has 25 heavy (non-hydrogen) atoms. The number of allylic oxidation sites excluding steroid dienone is 2. The van der Waals surface area contributed by atoms with Crippen molar-refractivity contribution in [3.8, 4) is 6.07 Å². The number of nitrogens with zero attached hydrogens (tertiary/aromatic N) is 1. The monoisotopic (exact) mass is 355 g/mol. The number of hydrogen-bond donors (Lipinski definition) is 0. The summed E-state index contributed by atoms with van der Waals surface area (Å²) in [5.74, 6) is -1.82. The Hall–Kier alpha value is -1.87. The molecule has 1 aliphatic carbocycles. The maximum atomic E-state index is 14.0. The highest BCUT2D eigenvalue weighted by Gasteiger charge is 2.35. The number of rotatable bonds is 6. The van der Waals surface area contributed by atoms with Crippen molar-refractivity contribution in [3.63, 3.8) is 0 Å². The van der Waals surface area contributed by atoms with Gasteiger partial charge in [0, 0.05) is 6.42 Å². The third kappa shape index (κ3) is 5.57. The molecule has 0 saturated heterocycles. The minimum Gasteiger partial charge on any atom is -0.316 e. The summed E-state index contributed by atoms with van der Waals surface area (Å²) in [6.07, 6.45) is 3.56. The molecule has 0 aliphatic heterocycles. The van der Waals surface area contributed by atoms with Gasteiger partial charge in [-0.15, -0.1) is 0 Å². The Kier molecular flexibility index (Phi) is 6.60. The van der Waals surface area contributed by atoms with Crippen molar-refractivity contribution >= 4 is 0 Å². The minimum absolute atomic E-state index is 0.0644. The second kappa shape index (κ2) is 8.48. The van der Waals surface area contributed by atoms with Crippen molar-refractivity contribution in [2.24, 2.45) is 11.8 Å². The van der Waals surface area contributed by atoms with Gasteiger partial charge in [0.05, 0.1) is 6.61 Å². The molecule has 0 bridgehead atoms. The maximum absolute atomic E-state index is 14.0. The number of nitriles is 1. The highest BCUT2D eigenvalue weighted by Crippen LogP contribution is 2.37. The van der Waals surface area contributed by atoms with E-state index in [0.717, 1.165) is 25.0 Å². The molecule has 1 aliphatic rings. The SMILES string of the molecule is CC=C[C@H]1CC[C@H](CC(F)(F)OCc2cc(F)c(C#N)c(F)c2)CC1. The molecule has 0 N–H and O–H groups in total. The summed E-state index contributed by atoms with van der Waals surface area (Å²) < 4.78 is 59.6. The fraction of sp³-hybridized carbons (Fsp3) is 0.526. The molecule has 0 atom stereocenters. The van der Waals surface area contributed by atoms with Gasteiger partial charge in [-0.25, -0.2) is 8.78 Å². The zero-order chi connectivity index (χ0) is 18.4. The van der Waals surface area contributed by atoms with Crippen LogP contribution < -0.4 is 0 Å². The van der Waals surface area contributed by atoms with Gasteiger partial charge in [0.2, 0.25) is 0 Å². The van der Waals surface area contributed by atoms with Gasteiger partial charge < -0.3 is 4.74 Å². The molecule has 0 spiro atoms. The van der Waals surface area contributed by atoms with E-state index in [9.17, 15) is 17.6 Å². The Morgan fingerprint density at radius 3 is 2.32 bits per heavy atom. The number of benzene rings is 1. The van der Waals surface area contributed by atoms with E-state index >= 15 is 0 Å². The number of alkyl halides is 2. The fourth-order valence-electron chi connectivity index (χ4n) is 3.26. The number of hydrogen-bond acceptors (Lipinski definition) is 2. The molecule has 6 heteroatoms. The second-order valence-electron chi connectivity index (χ2n) is 6.48. The molecule has 136 valence electrons. The smallest absolute Gasteiger partial charge is 0.316 e. The van der Waals surface area contributed by atoms with Crippen LogP contribution in [-0.2, 0) is 11.3 Å². The third-order valence-electron chi connectivity index (χ3n) is 4.55. The predicted molar refractivity (Wildman–Crippen MR) is 85.7 cm³/mol. The molecule has 1 saturated carbocycles. The van der Waals surface area contributed by atoms with Crippen molar-refractivity contribution in [1.29, 1.82) is 5.26 Å². The number of ether oxygens (including phenoxy) is 1. The van der Waals surface area contributed by atoms with Gasteiger partial charge in [0.25, 0.3) is 0 Å². The van der Waals surface area contributed by atoms with Crippen molar-refractivity contribution in [2.75, 3.05) is 0 Å². The Bertz CT molecular complexity index is 635. The van der Waals surface area contributed by atoms with Gasteiger partial charge in [-0.05, 0) is 62.1 Å². The largest absolute Gasteiger partial charge is 0.356 e. The van der Waals surface area contributed by atoms with Crippen molar-refractivity contribution in [2.45, 2.75) is 51.7 Å². The van der Waals surface area contributed by atoms with Crippen LogP contribution >= 0.6 is 0 Å². The molecule has 0 heterocycles. The van der Waals surface area contributed by atoms with Crippen LogP contribution in [0.15, 0.2) is 24.3 Å². The normalized spacial score (nSPS) is 21.4. The quantitative estimate of drug-likeness (QED) is 0.483. The van der Waals surface area contributed by atoms with Gasteiger partial charge in [-0.2, -0.15) is 14.0 Å². The van der Waals surface area contributed by atoms with Crippen LogP contribution in [-0.4, -0.2) is 6.11 Å². The third-order valence-corrected chi connectivity index (χ3v) is 4.55. The van der Waals surface area contributed by atoms with Crippen molar-refractivity contribution in [3.05, 3.63) is 47.0 Å². The zero-order valence-corrected chi connectivity index (χ0v) is 14.1. The summed E-state index contributed by atoms with van der Waals surface area (Å²) >= 11 is 0. The minimum atomic E-state index is -3.35. The van der Waals surface area contributed by atoms with Gasteiger partial charge in [-0.3, -0.25) is 0 Å². The Morgan fingerprint density at radius 1 is 1.20 bits per heavy atom. The average molecular weight is 355 g/mol. The topological polar surface area (TPSA) is 33.0 Å². The first-order chi connectivity index (χ1) is 11.8. The van der Waals surface area contributed by atoms with E-state index in [0.29, 0.717) is 18.8 Å². The molecule has 2 rings (SSSR count). The summed E-state index contributed by atoms with van der Waals surface area (Å²) in [4.78, 5) is 0. The van der Waals surface area contributed by atoms with Crippen LogP contribution in [0.25, 0.3) is 0 Å². The van der Waals surface area contributed by atoms with E-state index in [2.05, 4.69) is 10.8 Å². The Morgan fingerprint density at radius 2 is 1.80 bits per heavy atom. The van der Waals surface area contributed by atoms with Crippen LogP contribution in [0, 0.1) is 34.8 Å². The molecule has 1 aromatic carbocycles. The van der Waals surface area contributed by atoms with Crippen molar-refractivity contribution in [1.82, 2.24) is 0 Å². The fourth-order valence-corrected chi connectivity index (χ4v) is 3.26. The van der Waals surface area contributed by atoms with Crippen molar-refractivity contribution < 1.29 is 22.3 Å². The van der Waals surface area contributed by atoms with Gasteiger partial charge in [0.15, 0.2) is 0 Å². The first kappa shape index (κ1) is 19.5. The van der Waals surface area contributed by atoms with Crippen LogP contribution in [0.5, 0.6) is 0 Å². The molecule has 0 amide bonds. The summed E-state index contributed by atoms with van der Waals surface area (Å²) in [7, 11) is 0. The second-order valence-corrected chi connectivity index (χ2v) is 6.48. The van der Waals surface area contributed by atoms with Gasteiger partial charge in [0.1, 0.15) is 23.3 Å². The molecular weight excluding hydrogens is 334 g/mol. The Labute approximate surface area is 145 Å². The highest BCUT2D eigenvalue weighted by molar-refractivity contribution is 5.34. The lowest BCUT2D eigenvalue weighted by Gasteiger charge is -2.29. The van der Waals surface area contributed by atoms with Crippen LogP contribution in [0.2, 0.25) is 0 Å². The molecular formula is C19H21F4NO. The molecule has 1 fully saturated rings. The first-order valence-corrected chi connectivity index (χ1v) is 8.37. The summed E-state index contributed by atoms with van der Waals surface area (Å²) in [6, 6.07) is 3.08. The van der Waals surface area contributed by atoms with E-state index in [4.69, 9.17) is 5.26 Å². The highest BCUT2D eigenvalue weighted by atomic mass is 19.3. The van der Waals surface area contributed by atoms with Gasteiger partial charge in [-0.1, -0.05) is 12.2 Å². The molecule has 2 nitrogen and oxygen atoms in total. The predicted octanol–water partition coefficient (Wildman–Crippen LogP) is 5.72. The van der Waals surface area contributed by atoms with E-state index in [1.807, 2.05) is 13.0 Å². The van der Waals surface area contributed by atoms with E-state index < -0.39 is 36.3 Å². The summed E-state index contributed by atoms with van der Waals surface area (Å²) in [5, 5.41) is 8.60. The van der Waals surface area contributed by atoms with Crippen LogP contribution in [0.4, 0.5) is 17.6 Å². The zero-order valence-electron chi connectivity index (χ0n) is 14.1. The average Bonchev–Trinajstić information content (AvgIpc) is 2.55. The van der Waals surface area contributed by atoms with E-state index in [1.165, 1.54) is 6.07 Å². The molecule has 0 aromatic heterocycles. The summed E-state index contributed by atoms with van der Waals surface area (Å²) in [5.41, 5.74) is -0.793. The molecule has 0 radical (unpaired) electrons. The van der Waals surface area contributed by atoms with Crippen LogP contribution in [0.3, 0.4) is 0 Å². The van der Waals surface area contributed by atoms with E-state index in [1.54, 1.807) is 0 Å². The first-order valence-electron chi connectivity index (χ1n) is 8.37. The lowest BCUT2D eigenvalue weighted by molar-refractivity contribution is -0.256.